The lowest BCUT2D eigenvalue weighted by atomic mass is 10.1. The molecule has 0 aliphatic rings. The fourth-order valence-corrected chi connectivity index (χ4v) is 2.69. The Hall–Kier alpha value is -1.65. The molecular weight excluding hydrogens is 352 g/mol. The molecular formula is C24H40O4. The smallest absolute Gasteiger partial charge is 0.303 e. The first-order chi connectivity index (χ1) is 13.6. The van der Waals surface area contributed by atoms with Crippen LogP contribution in [-0.4, -0.2) is 33.5 Å². The summed E-state index contributed by atoms with van der Waals surface area (Å²) in [4.78, 5) is 10.4. The van der Waals surface area contributed by atoms with Crippen molar-refractivity contribution in [3.05, 3.63) is 48.6 Å². The summed E-state index contributed by atoms with van der Waals surface area (Å²) in [6.07, 6.45) is 25.3. The van der Waals surface area contributed by atoms with Crippen molar-refractivity contribution < 1.29 is 20.1 Å². The highest BCUT2D eigenvalue weighted by Gasteiger charge is 2.11. The van der Waals surface area contributed by atoms with Gasteiger partial charge in [-0.1, -0.05) is 87.6 Å². The predicted octanol–water partition coefficient (Wildman–Crippen LogP) is 5.72. The normalized spacial score (nSPS) is 14.7. The standard InChI is InChI=1S/C24H40O4/c1-2-3-16-19-22(25)23(26)20-17-14-12-10-8-6-4-5-7-9-11-13-15-18-21-24(27)28/h4-7,10,12,17,20,22-23,25-26H,2-3,8-9,11,13-16,18-19,21H2,1H3,(H,27,28)/b6-4-,7-5+,12-10-,20-17+. The van der Waals surface area contributed by atoms with Crippen LogP contribution in [-0.2, 0) is 4.79 Å². The van der Waals surface area contributed by atoms with Crippen LogP contribution in [0, 0.1) is 0 Å². The van der Waals surface area contributed by atoms with Crippen molar-refractivity contribution in [2.45, 2.75) is 96.2 Å². The van der Waals surface area contributed by atoms with Crippen molar-refractivity contribution in [2.24, 2.45) is 0 Å². The van der Waals surface area contributed by atoms with Crippen LogP contribution in [0.5, 0.6) is 0 Å². The summed E-state index contributed by atoms with van der Waals surface area (Å²) in [5, 5.41) is 28.2. The number of allylic oxidation sites excluding steroid dienone is 7. The Labute approximate surface area is 171 Å². The summed E-state index contributed by atoms with van der Waals surface area (Å²) in [6.45, 7) is 2.12. The van der Waals surface area contributed by atoms with E-state index in [-0.39, 0.29) is 6.42 Å². The number of aliphatic hydroxyl groups excluding tert-OH is 2. The summed E-state index contributed by atoms with van der Waals surface area (Å²) < 4.78 is 0. The van der Waals surface area contributed by atoms with Crippen LogP contribution in [0.25, 0.3) is 0 Å². The maximum Gasteiger partial charge on any atom is 0.303 e. The van der Waals surface area contributed by atoms with Crippen molar-refractivity contribution in [3.63, 3.8) is 0 Å². The summed E-state index contributed by atoms with van der Waals surface area (Å²) in [5.41, 5.74) is 0. The fourth-order valence-electron chi connectivity index (χ4n) is 2.69. The first kappa shape index (κ1) is 26.4. The Balaban J connectivity index is 3.63. The van der Waals surface area contributed by atoms with Crippen LogP contribution in [0.1, 0.15) is 84.0 Å². The largest absolute Gasteiger partial charge is 0.481 e. The summed E-state index contributed by atoms with van der Waals surface area (Å²) >= 11 is 0. The van der Waals surface area contributed by atoms with Gasteiger partial charge >= 0.3 is 5.97 Å². The van der Waals surface area contributed by atoms with Crippen LogP contribution in [0.4, 0.5) is 0 Å². The van der Waals surface area contributed by atoms with E-state index >= 15 is 0 Å². The van der Waals surface area contributed by atoms with E-state index in [0.717, 1.165) is 64.2 Å². The van der Waals surface area contributed by atoms with Crippen LogP contribution in [0.2, 0.25) is 0 Å². The number of unbranched alkanes of at least 4 members (excludes halogenated alkanes) is 6. The van der Waals surface area contributed by atoms with Gasteiger partial charge in [-0.25, -0.2) is 0 Å². The second-order valence-corrected chi connectivity index (χ2v) is 7.13. The highest BCUT2D eigenvalue weighted by atomic mass is 16.4. The molecule has 2 atom stereocenters. The molecule has 0 aliphatic carbocycles. The molecule has 0 fully saturated rings. The third-order valence-electron chi connectivity index (χ3n) is 4.44. The van der Waals surface area contributed by atoms with Crippen LogP contribution < -0.4 is 0 Å². The molecule has 0 saturated heterocycles. The maximum atomic E-state index is 10.4. The van der Waals surface area contributed by atoms with Gasteiger partial charge < -0.3 is 15.3 Å². The maximum absolute atomic E-state index is 10.4. The van der Waals surface area contributed by atoms with E-state index < -0.39 is 18.2 Å². The molecule has 0 saturated carbocycles. The highest BCUT2D eigenvalue weighted by Crippen LogP contribution is 2.08. The third kappa shape index (κ3) is 19.1. The van der Waals surface area contributed by atoms with Crippen LogP contribution >= 0.6 is 0 Å². The first-order valence-corrected chi connectivity index (χ1v) is 10.8. The molecule has 0 radical (unpaired) electrons. The van der Waals surface area contributed by atoms with E-state index in [0.29, 0.717) is 6.42 Å². The van der Waals surface area contributed by atoms with Crippen molar-refractivity contribution in [1.29, 1.82) is 0 Å². The van der Waals surface area contributed by atoms with Crippen LogP contribution in [0.3, 0.4) is 0 Å². The molecule has 0 spiro atoms. The van der Waals surface area contributed by atoms with E-state index in [1.54, 1.807) is 6.08 Å². The molecule has 28 heavy (non-hydrogen) atoms. The van der Waals surface area contributed by atoms with E-state index in [9.17, 15) is 15.0 Å². The lowest BCUT2D eigenvalue weighted by Crippen LogP contribution is -2.23. The Bertz CT molecular complexity index is 477. The van der Waals surface area contributed by atoms with E-state index in [1.807, 2.05) is 12.2 Å². The number of hydrogen-bond acceptors (Lipinski definition) is 3. The van der Waals surface area contributed by atoms with Gasteiger partial charge in [0.1, 0.15) is 0 Å². The SMILES string of the molecule is CCCCCC(O)C(O)/C=C/C/C=C\C/C=C\C=C\CCCCCCC(=O)O. The zero-order chi connectivity index (χ0) is 20.9. The Morgan fingerprint density at radius 1 is 0.821 bits per heavy atom. The quantitative estimate of drug-likeness (QED) is 0.158. The second-order valence-electron chi connectivity index (χ2n) is 7.13. The highest BCUT2D eigenvalue weighted by molar-refractivity contribution is 5.66. The topological polar surface area (TPSA) is 77.8 Å². The minimum atomic E-state index is -0.771. The van der Waals surface area contributed by atoms with Gasteiger partial charge in [0.25, 0.3) is 0 Å². The molecule has 0 bridgehead atoms. The van der Waals surface area contributed by atoms with E-state index in [1.165, 1.54) is 0 Å². The number of hydrogen-bond donors (Lipinski definition) is 3. The van der Waals surface area contributed by atoms with Gasteiger partial charge in [-0.15, -0.1) is 0 Å². The minimum Gasteiger partial charge on any atom is -0.481 e. The zero-order valence-corrected chi connectivity index (χ0v) is 17.5. The van der Waals surface area contributed by atoms with Gasteiger partial charge in [-0.05, 0) is 38.5 Å². The molecule has 2 unspecified atom stereocenters. The molecule has 0 aromatic heterocycles. The van der Waals surface area contributed by atoms with Gasteiger partial charge in [-0.2, -0.15) is 0 Å². The minimum absolute atomic E-state index is 0.281. The number of aliphatic carboxylic acids is 1. The fraction of sp³-hybridized carbons (Fsp3) is 0.625. The lowest BCUT2D eigenvalue weighted by Gasteiger charge is -2.13. The lowest BCUT2D eigenvalue weighted by molar-refractivity contribution is -0.137. The van der Waals surface area contributed by atoms with Gasteiger partial charge in [0.05, 0.1) is 12.2 Å². The summed E-state index contributed by atoms with van der Waals surface area (Å²) in [7, 11) is 0. The molecule has 3 N–H and O–H groups in total. The molecule has 0 rings (SSSR count). The number of carboxylic acids is 1. The number of aliphatic hydroxyl groups is 2. The number of carbonyl (C=O) groups is 1. The summed E-state index contributed by atoms with van der Waals surface area (Å²) in [6, 6.07) is 0. The molecule has 0 heterocycles. The van der Waals surface area contributed by atoms with Gasteiger partial charge in [0, 0.05) is 6.42 Å². The molecule has 0 aromatic carbocycles. The Kier molecular flexibility index (Phi) is 18.9. The Morgan fingerprint density at radius 3 is 2.21 bits per heavy atom. The van der Waals surface area contributed by atoms with Crippen molar-refractivity contribution in [2.75, 3.05) is 0 Å². The number of rotatable bonds is 18. The average molecular weight is 393 g/mol. The van der Waals surface area contributed by atoms with Gasteiger partial charge in [-0.3, -0.25) is 4.79 Å². The predicted molar refractivity (Wildman–Crippen MR) is 117 cm³/mol. The van der Waals surface area contributed by atoms with Crippen molar-refractivity contribution in [3.8, 4) is 0 Å². The van der Waals surface area contributed by atoms with Crippen molar-refractivity contribution >= 4 is 5.97 Å². The van der Waals surface area contributed by atoms with E-state index in [2.05, 4.69) is 37.3 Å². The number of carboxylic acid groups (broad SMARTS) is 1. The van der Waals surface area contributed by atoms with Gasteiger partial charge in [0.15, 0.2) is 0 Å². The van der Waals surface area contributed by atoms with E-state index in [4.69, 9.17) is 5.11 Å². The zero-order valence-electron chi connectivity index (χ0n) is 17.5. The first-order valence-electron chi connectivity index (χ1n) is 10.8. The monoisotopic (exact) mass is 392 g/mol. The molecule has 160 valence electrons. The van der Waals surface area contributed by atoms with Gasteiger partial charge in [0.2, 0.25) is 0 Å². The molecule has 4 nitrogen and oxygen atoms in total. The average Bonchev–Trinajstić information content (AvgIpc) is 2.67. The molecule has 4 heteroatoms. The van der Waals surface area contributed by atoms with Crippen molar-refractivity contribution in [1.82, 2.24) is 0 Å². The second kappa shape index (κ2) is 20.1. The molecule has 0 aliphatic heterocycles. The third-order valence-corrected chi connectivity index (χ3v) is 4.44. The molecule has 0 amide bonds. The molecule has 0 aromatic rings. The summed E-state index contributed by atoms with van der Waals surface area (Å²) in [5.74, 6) is -0.704. The Morgan fingerprint density at radius 2 is 1.50 bits per heavy atom. The van der Waals surface area contributed by atoms with Crippen LogP contribution in [0.15, 0.2) is 48.6 Å².